The highest BCUT2D eigenvalue weighted by atomic mass is 32.2. The summed E-state index contributed by atoms with van der Waals surface area (Å²) in [5, 5.41) is 23.3. The summed E-state index contributed by atoms with van der Waals surface area (Å²) in [4.78, 5) is 10.3. The molecule has 154 valence electrons. The van der Waals surface area contributed by atoms with E-state index in [0.717, 1.165) is 16.7 Å². The van der Waals surface area contributed by atoms with Crippen molar-refractivity contribution in [3.05, 3.63) is 87.7 Å². The maximum Gasteiger partial charge on any atom is 0.307 e. The molecule has 0 atom stereocenters. The van der Waals surface area contributed by atoms with E-state index in [-0.39, 0.29) is 5.69 Å². The first-order valence-electron chi connectivity index (χ1n) is 8.92. The van der Waals surface area contributed by atoms with Crippen LogP contribution in [0.2, 0.25) is 0 Å². The average molecular weight is 424 g/mol. The Kier molecular flexibility index (Phi) is 7.17. The highest BCUT2D eigenvalue weighted by molar-refractivity contribution is 8.13. The summed E-state index contributed by atoms with van der Waals surface area (Å²) in [6.45, 7) is 0.316. The maximum atomic E-state index is 10.8. The number of rotatable bonds is 8. The number of hydrogen-bond acceptors (Lipinski definition) is 7. The number of aromatic nitrogens is 2. The largest absolute Gasteiger partial charge is 0.496 e. The van der Waals surface area contributed by atoms with Gasteiger partial charge in [-0.3, -0.25) is 14.8 Å². The van der Waals surface area contributed by atoms with Crippen LogP contribution in [0.4, 0.5) is 5.69 Å². The zero-order valence-electron chi connectivity index (χ0n) is 16.2. The fourth-order valence-electron chi connectivity index (χ4n) is 2.62. The molecule has 0 aliphatic rings. The normalized spacial score (nSPS) is 11.7. The lowest BCUT2D eigenvalue weighted by molar-refractivity contribution is -0.385. The molecule has 10 heteroatoms. The minimum atomic E-state index is -0.484. The standard InChI is InChI=1S/C20H20N6O3S/c1-29-19-8-7-16(9-17(19)12-25-13-18(11-23-25)26(27)28)10-22-24-20(21)30-14-15-5-3-2-4-6-15/h2-11,13H,12,14H2,1H3,(H2,21,24). The molecule has 0 saturated heterocycles. The predicted molar refractivity (Wildman–Crippen MR) is 118 cm³/mol. The predicted octanol–water partition coefficient (Wildman–Crippen LogP) is 3.43. The fourth-order valence-corrected chi connectivity index (χ4v) is 3.24. The molecule has 0 radical (unpaired) electrons. The molecule has 0 amide bonds. The highest BCUT2D eigenvalue weighted by Crippen LogP contribution is 2.21. The van der Waals surface area contributed by atoms with Crippen molar-refractivity contribution >= 4 is 28.8 Å². The third kappa shape index (κ3) is 5.92. The van der Waals surface area contributed by atoms with Gasteiger partial charge in [0.15, 0.2) is 5.17 Å². The zero-order valence-corrected chi connectivity index (χ0v) is 17.0. The topological polar surface area (TPSA) is 121 Å². The SMILES string of the molecule is COc1ccc(C=NN=C(N)SCc2ccccc2)cc1Cn1cc([N+](=O)[O-])cn1. The molecule has 9 nitrogen and oxygen atoms in total. The molecule has 30 heavy (non-hydrogen) atoms. The van der Waals surface area contributed by atoms with Gasteiger partial charge in [0.1, 0.15) is 18.1 Å². The highest BCUT2D eigenvalue weighted by Gasteiger charge is 2.11. The summed E-state index contributed by atoms with van der Waals surface area (Å²) < 4.78 is 6.85. The number of nitro groups is 1. The second-order valence-corrected chi connectivity index (χ2v) is 7.18. The van der Waals surface area contributed by atoms with Crippen LogP contribution in [0, 0.1) is 10.1 Å². The van der Waals surface area contributed by atoms with E-state index in [0.29, 0.717) is 23.2 Å². The molecule has 0 aliphatic carbocycles. The Bertz CT molecular complexity index is 1070. The molecule has 0 bridgehead atoms. The molecule has 2 aromatic carbocycles. The van der Waals surface area contributed by atoms with E-state index < -0.39 is 4.92 Å². The van der Waals surface area contributed by atoms with Crippen molar-refractivity contribution in [3.63, 3.8) is 0 Å². The number of ether oxygens (including phenoxy) is 1. The minimum Gasteiger partial charge on any atom is -0.496 e. The van der Waals surface area contributed by atoms with Crippen LogP contribution in [0.15, 0.2) is 71.1 Å². The first-order chi connectivity index (χ1) is 14.5. The number of amidine groups is 1. The monoisotopic (exact) mass is 424 g/mol. The third-order valence-corrected chi connectivity index (χ3v) is 4.91. The molecule has 0 unspecified atom stereocenters. The molecular formula is C20H20N6O3S. The van der Waals surface area contributed by atoms with Gasteiger partial charge in [0.25, 0.3) is 0 Å². The first kappa shape index (κ1) is 21.1. The van der Waals surface area contributed by atoms with E-state index in [4.69, 9.17) is 10.5 Å². The molecule has 2 N–H and O–H groups in total. The van der Waals surface area contributed by atoms with E-state index in [1.165, 1.54) is 28.8 Å². The molecule has 3 rings (SSSR count). The van der Waals surface area contributed by atoms with Crippen LogP contribution >= 0.6 is 11.8 Å². The Morgan fingerprint density at radius 1 is 1.33 bits per heavy atom. The van der Waals surface area contributed by atoms with Crippen LogP contribution in [-0.2, 0) is 12.3 Å². The van der Waals surface area contributed by atoms with Crippen LogP contribution in [0.1, 0.15) is 16.7 Å². The van der Waals surface area contributed by atoms with E-state index >= 15 is 0 Å². The number of methoxy groups -OCH3 is 1. The van der Waals surface area contributed by atoms with E-state index in [1.54, 1.807) is 19.4 Å². The van der Waals surface area contributed by atoms with E-state index in [2.05, 4.69) is 15.3 Å². The summed E-state index contributed by atoms with van der Waals surface area (Å²) >= 11 is 1.41. The van der Waals surface area contributed by atoms with Gasteiger partial charge in [0.05, 0.1) is 24.8 Å². The van der Waals surface area contributed by atoms with Crippen LogP contribution < -0.4 is 10.5 Å². The molecule has 1 heterocycles. The van der Waals surface area contributed by atoms with Crippen LogP contribution in [0.5, 0.6) is 5.75 Å². The summed E-state index contributed by atoms with van der Waals surface area (Å²) in [5.74, 6) is 1.36. The van der Waals surface area contributed by atoms with Gasteiger partial charge < -0.3 is 10.5 Å². The number of thioether (sulfide) groups is 1. The average Bonchev–Trinajstić information content (AvgIpc) is 3.22. The van der Waals surface area contributed by atoms with Crippen molar-refractivity contribution < 1.29 is 9.66 Å². The van der Waals surface area contributed by atoms with E-state index in [9.17, 15) is 10.1 Å². The van der Waals surface area contributed by atoms with Gasteiger partial charge >= 0.3 is 5.69 Å². The molecule has 0 aliphatic heterocycles. The Labute approximate surface area is 177 Å². The van der Waals surface area contributed by atoms with Gasteiger partial charge in [0.2, 0.25) is 0 Å². The van der Waals surface area contributed by atoms with Crippen molar-refractivity contribution in [1.82, 2.24) is 9.78 Å². The molecular weight excluding hydrogens is 404 g/mol. The van der Waals surface area contributed by atoms with Crippen LogP contribution in [-0.4, -0.2) is 33.2 Å². The molecule has 1 aromatic heterocycles. The zero-order chi connectivity index (χ0) is 21.3. The van der Waals surface area contributed by atoms with Crippen molar-refractivity contribution in [2.24, 2.45) is 15.9 Å². The summed E-state index contributed by atoms with van der Waals surface area (Å²) in [6, 6.07) is 15.5. The lowest BCUT2D eigenvalue weighted by Crippen LogP contribution is -2.06. The Morgan fingerprint density at radius 2 is 2.13 bits per heavy atom. The smallest absolute Gasteiger partial charge is 0.307 e. The number of benzene rings is 2. The summed E-state index contributed by atoms with van der Waals surface area (Å²) in [5.41, 5.74) is 8.58. The minimum absolute atomic E-state index is 0.0653. The van der Waals surface area contributed by atoms with Gasteiger partial charge in [0, 0.05) is 11.3 Å². The second-order valence-electron chi connectivity index (χ2n) is 6.18. The summed E-state index contributed by atoms with van der Waals surface area (Å²) in [6.07, 6.45) is 4.17. The first-order valence-corrected chi connectivity index (χ1v) is 9.90. The number of nitrogens with two attached hydrogens (primary N) is 1. The van der Waals surface area contributed by atoms with Crippen molar-refractivity contribution in [3.8, 4) is 5.75 Å². The second kappa shape index (κ2) is 10.2. The lowest BCUT2D eigenvalue weighted by Gasteiger charge is -2.09. The van der Waals surface area contributed by atoms with E-state index in [1.807, 2.05) is 42.5 Å². The van der Waals surface area contributed by atoms with Crippen molar-refractivity contribution in [2.75, 3.05) is 7.11 Å². The Balaban J connectivity index is 1.66. The molecule has 3 aromatic rings. The maximum absolute atomic E-state index is 10.8. The van der Waals surface area contributed by atoms with Gasteiger partial charge in [-0.2, -0.15) is 10.2 Å². The Hall–Kier alpha value is -3.66. The van der Waals surface area contributed by atoms with Gasteiger partial charge in [-0.1, -0.05) is 42.1 Å². The fraction of sp³-hybridized carbons (Fsp3) is 0.150. The summed E-state index contributed by atoms with van der Waals surface area (Å²) in [7, 11) is 1.56. The molecule has 0 spiro atoms. The van der Waals surface area contributed by atoms with Gasteiger partial charge in [-0.25, -0.2) is 0 Å². The number of nitrogens with zero attached hydrogens (tertiary/aromatic N) is 5. The van der Waals surface area contributed by atoms with Crippen LogP contribution in [0.3, 0.4) is 0 Å². The van der Waals surface area contributed by atoms with Gasteiger partial charge in [-0.15, -0.1) is 5.10 Å². The Morgan fingerprint density at radius 3 is 2.83 bits per heavy atom. The van der Waals surface area contributed by atoms with Crippen LogP contribution in [0.25, 0.3) is 0 Å². The van der Waals surface area contributed by atoms with Gasteiger partial charge in [-0.05, 0) is 29.3 Å². The molecule has 0 fully saturated rings. The quantitative estimate of drug-likeness (QED) is 0.256. The van der Waals surface area contributed by atoms with Crippen molar-refractivity contribution in [2.45, 2.75) is 12.3 Å². The third-order valence-electron chi connectivity index (χ3n) is 4.06. The molecule has 0 saturated carbocycles. The lowest BCUT2D eigenvalue weighted by atomic mass is 10.1. The van der Waals surface area contributed by atoms with Crippen molar-refractivity contribution in [1.29, 1.82) is 0 Å². The number of hydrogen-bond donors (Lipinski definition) is 1.